The van der Waals surface area contributed by atoms with E-state index in [0.717, 1.165) is 47.4 Å². The van der Waals surface area contributed by atoms with E-state index >= 15 is 0 Å². The molecular formula is C19H16F5NO3. The van der Waals surface area contributed by atoms with Gasteiger partial charge in [0.05, 0.1) is 17.7 Å². The highest BCUT2D eigenvalue weighted by Gasteiger charge is 2.30. The van der Waals surface area contributed by atoms with E-state index in [1.54, 1.807) is 6.92 Å². The van der Waals surface area contributed by atoms with Crippen LogP contribution in [0.25, 0.3) is 0 Å². The second-order valence-electron chi connectivity index (χ2n) is 5.76. The zero-order chi connectivity index (χ0) is 20.9. The average molecular weight is 401 g/mol. The van der Waals surface area contributed by atoms with Gasteiger partial charge in [0.2, 0.25) is 0 Å². The molecule has 4 nitrogen and oxygen atoms in total. The zero-order valence-corrected chi connectivity index (χ0v) is 14.7. The van der Waals surface area contributed by atoms with Crippen LogP contribution in [0.1, 0.15) is 28.4 Å². The third-order valence-corrected chi connectivity index (χ3v) is 3.75. The van der Waals surface area contributed by atoms with Gasteiger partial charge in [0.15, 0.2) is 11.6 Å². The van der Waals surface area contributed by atoms with Crippen LogP contribution in [0.4, 0.5) is 22.0 Å². The van der Waals surface area contributed by atoms with Crippen molar-refractivity contribution < 1.29 is 36.3 Å². The first-order chi connectivity index (χ1) is 13.1. The van der Waals surface area contributed by atoms with Gasteiger partial charge in [-0.3, -0.25) is 9.59 Å². The predicted octanol–water partition coefficient (Wildman–Crippen LogP) is 4.19. The summed E-state index contributed by atoms with van der Waals surface area (Å²) in [6, 6.07) is 6.93. The van der Waals surface area contributed by atoms with E-state index in [0.29, 0.717) is 0 Å². The van der Waals surface area contributed by atoms with Gasteiger partial charge in [-0.15, -0.1) is 0 Å². The highest BCUT2D eigenvalue weighted by molar-refractivity contribution is 5.96. The largest absolute Gasteiger partial charge is 0.465 e. The molecule has 2 rings (SSSR count). The maximum atomic E-state index is 14.0. The topological polar surface area (TPSA) is 46.6 Å². The van der Waals surface area contributed by atoms with E-state index in [-0.39, 0.29) is 18.7 Å². The Morgan fingerprint density at radius 2 is 1.68 bits per heavy atom. The number of rotatable bonds is 6. The summed E-state index contributed by atoms with van der Waals surface area (Å²) in [7, 11) is 0. The summed E-state index contributed by atoms with van der Waals surface area (Å²) in [4.78, 5) is 25.3. The Morgan fingerprint density at radius 3 is 2.25 bits per heavy atom. The van der Waals surface area contributed by atoms with Crippen molar-refractivity contribution in [1.82, 2.24) is 4.90 Å². The van der Waals surface area contributed by atoms with Crippen molar-refractivity contribution in [3.63, 3.8) is 0 Å². The molecule has 150 valence electrons. The van der Waals surface area contributed by atoms with Gasteiger partial charge in [0.1, 0.15) is 6.54 Å². The molecule has 0 unspecified atom stereocenters. The summed E-state index contributed by atoms with van der Waals surface area (Å²) in [5, 5.41) is 0. The van der Waals surface area contributed by atoms with E-state index in [2.05, 4.69) is 0 Å². The molecule has 0 aliphatic heterocycles. The lowest BCUT2D eigenvalue weighted by Gasteiger charge is -2.22. The van der Waals surface area contributed by atoms with Crippen molar-refractivity contribution >= 4 is 11.9 Å². The van der Waals surface area contributed by atoms with Crippen molar-refractivity contribution in [2.75, 3.05) is 13.2 Å². The van der Waals surface area contributed by atoms with Crippen LogP contribution in [0.3, 0.4) is 0 Å². The van der Waals surface area contributed by atoms with Gasteiger partial charge >= 0.3 is 12.1 Å². The number of amides is 1. The van der Waals surface area contributed by atoms with Gasteiger partial charge in [-0.25, -0.2) is 8.78 Å². The van der Waals surface area contributed by atoms with E-state index in [1.165, 1.54) is 0 Å². The minimum Gasteiger partial charge on any atom is -0.465 e. The number of ether oxygens (including phenoxy) is 1. The van der Waals surface area contributed by atoms with E-state index < -0.39 is 47.4 Å². The van der Waals surface area contributed by atoms with Crippen molar-refractivity contribution in [2.45, 2.75) is 19.6 Å². The minimum absolute atomic E-state index is 0.0372. The second-order valence-corrected chi connectivity index (χ2v) is 5.76. The lowest BCUT2D eigenvalue weighted by molar-refractivity contribution is -0.144. The summed E-state index contributed by atoms with van der Waals surface area (Å²) < 4.78 is 70.2. The predicted molar refractivity (Wildman–Crippen MR) is 89.2 cm³/mol. The number of halogens is 5. The fourth-order valence-corrected chi connectivity index (χ4v) is 2.42. The molecule has 0 aliphatic rings. The Labute approximate surface area is 157 Å². The SMILES string of the molecule is CCOC(=O)CN(Cc1ccc(C(F)(F)F)cc1)C(=O)c1cccc(F)c1F. The molecule has 28 heavy (non-hydrogen) atoms. The maximum Gasteiger partial charge on any atom is 0.416 e. The first kappa shape index (κ1) is 21.3. The fraction of sp³-hybridized carbons (Fsp3) is 0.263. The molecule has 2 aromatic rings. The number of carbonyl (C=O) groups is 2. The molecule has 2 aromatic carbocycles. The highest BCUT2D eigenvalue weighted by atomic mass is 19.4. The molecule has 1 amide bonds. The number of benzene rings is 2. The molecule has 0 fully saturated rings. The van der Waals surface area contributed by atoms with Gasteiger partial charge in [-0.05, 0) is 36.8 Å². The number of carbonyl (C=O) groups excluding carboxylic acids is 2. The Balaban J connectivity index is 2.30. The number of nitrogens with zero attached hydrogens (tertiary/aromatic N) is 1. The van der Waals surface area contributed by atoms with Crippen molar-refractivity contribution in [3.8, 4) is 0 Å². The molecule has 0 radical (unpaired) electrons. The summed E-state index contributed by atoms with van der Waals surface area (Å²) in [5.41, 5.74) is -1.21. The first-order valence-electron chi connectivity index (χ1n) is 8.18. The molecular weight excluding hydrogens is 385 g/mol. The third-order valence-electron chi connectivity index (χ3n) is 3.75. The zero-order valence-electron chi connectivity index (χ0n) is 14.7. The second kappa shape index (κ2) is 8.81. The fourth-order valence-electron chi connectivity index (χ4n) is 2.42. The number of esters is 1. The highest BCUT2D eigenvalue weighted by Crippen LogP contribution is 2.29. The van der Waals surface area contributed by atoms with Gasteiger partial charge in [0, 0.05) is 6.54 Å². The van der Waals surface area contributed by atoms with Crippen molar-refractivity contribution in [1.29, 1.82) is 0 Å². The van der Waals surface area contributed by atoms with E-state index in [9.17, 15) is 31.5 Å². The molecule has 0 aliphatic carbocycles. The molecule has 0 saturated heterocycles. The van der Waals surface area contributed by atoms with Gasteiger partial charge in [0.25, 0.3) is 5.91 Å². The van der Waals surface area contributed by atoms with Crippen LogP contribution in [0, 0.1) is 11.6 Å². The standard InChI is InChI=1S/C19H16F5NO3/c1-2-28-16(26)11-25(18(27)14-4-3-5-15(20)17(14)21)10-12-6-8-13(9-7-12)19(22,23)24/h3-9H,2,10-11H2,1H3. The van der Waals surface area contributed by atoms with Gasteiger partial charge in [-0.1, -0.05) is 18.2 Å². The molecule has 0 atom stereocenters. The summed E-state index contributed by atoms with van der Waals surface area (Å²) in [6.45, 7) is 0.705. The van der Waals surface area contributed by atoms with Crippen LogP contribution in [0.15, 0.2) is 42.5 Å². The Morgan fingerprint density at radius 1 is 1.04 bits per heavy atom. The van der Waals surface area contributed by atoms with Crippen LogP contribution in [-0.2, 0) is 22.3 Å². The summed E-state index contributed by atoms with van der Waals surface area (Å²) in [5.74, 6) is -4.41. The van der Waals surface area contributed by atoms with Crippen LogP contribution in [-0.4, -0.2) is 29.9 Å². The summed E-state index contributed by atoms with van der Waals surface area (Å²) in [6.07, 6.45) is -4.52. The lowest BCUT2D eigenvalue weighted by Crippen LogP contribution is -2.36. The normalized spacial score (nSPS) is 11.2. The van der Waals surface area contributed by atoms with Crippen LogP contribution < -0.4 is 0 Å². The van der Waals surface area contributed by atoms with E-state index in [1.807, 2.05) is 0 Å². The smallest absolute Gasteiger partial charge is 0.416 e. The Bertz CT molecular complexity index is 850. The molecule has 0 N–H and O–H groups in total. The Kier molecular flexibility index (Phi) is 6.71. The molecule has 0 bridgehead atoms. The van der Waals surface area contributed by atoms with Crippen molar-refractivity contribution in [2.24, 2.45) is 0 Å². The number of hydrogen-bond donors (Lipinski definition) is 0. The summed E-state index contributed by atoms with van der Waals surface area (Å²) >= 11 is 0. The monoisotopic (exact) mass is 401 g/mol. The van der Waals surface area contributed by atoms with Gasteiger partial charge < -0.3 is 9.64 Å². The lowest BCUT2D eigenvalue weighted by atomic mass is 10.1. The maximum absolute atomic E-state index is 14.0. The molecule has 0 saturated carbocycles. The average Bonchev–Trinajstić information content (AvgIpc) is 2.63. The molecule has 9 heteroatoms. The van der Waals surface area contributed by atoms with Crippen molar-refractivity contribution in [3.05, 3.63) is 70.8 Å². The van der Waals surface area contributed by atoms with E-state index in [4.69, 9.17) is 4.74 Å². The molecule has 0 heterocycles. The third kappa shape index (κ3) is 5.28. The number of hydrogen-bond acceptors (Lipinski definition) is 3. The van der Waals surface area contributed by atoms with Gasteiger partial charge in [-0.2, -0.15) is 13.2 Å². The van der Waals surface area contributed by atoms with Crippen LogP contribution in [0.5, 0.6) is 0 Å². The minimum atomic E-state index is -4.52. The first-order valence-corrected chi connectivity index (χ1v) is 8.18. The molecule has 0 spiro atoms. The molecule has 0 aromatic heterocycles. The van der Waals surface area contributed by atoms with Crippen LogP contribution in [0.2, 0.25) is 0 Å². The number of alkyl halides is 3. The Hall–Kier alpha value is -2.97. The quantitative estimate of drug-likeness (QED) is 0.539. The van der Waals surface area contributed by atoms with Crippen LogP contribution >= 0.6 is 0 Å².